The number of nitrogens with zero attached hydrogens (tertiary/aromatic N) is 4. The summed E-state index contributed by atoms with van der Waals surface area (Å²) in [6.45, 7) is 0.628. The quantitative estimate of drug-likeness (QED) is 0.593. The third-order valence-corrected chi connectivity index (χ3v) is 2.28. The molecule has 0 radical (unpaired) electrons. The van der Waals surface area contributed by atoms with Crippen molar-refractivity contribution in [2.45, 2.75) is 13.5 Å². The molecular formula is C10H15FN6O2. The van der Waals surface area contributed by atoms with E-state index in [1.165, 1.54) is 0 Å². The Kier molecular flexibility index (Phi) is 5.58. The van der Waals surface area contributed by atoms with Gasteiger partial charge in [-0.25, -0.2) is 19.2 Å². The molecule has 0 unspecified atom stereocenters. The molecule has 1 rings (SSSR count). The standard InChI is InChI=1S/C10H15FN6O2/c1-7-13-5-8(9(12-2)15-7)6-14-10(18)17(16-19)4-3-11/h5H,3-4,6H2,1-2H3,(H,14,18)(H,12,13,15). The Labute approximate surface area is 109 Å². The van der Waals surface area contributed by atoms with Crippen LogP contribution in [0, 0.1) is 11.8 Å². The number of aromatic nitrogens is 2. The molecule has 1 heterocycles. The van der Waals surface area contributed by atoms with Crippen LogP contribution in [0.2, 0.25) is 0 Å². The third-order valence-electron chi connectivity index (χ3n) is 2.28. The maximum Gasteiger partial charge on any atom is 0.340 e. The largest absolute Gasteiger partial charge is 0.373 e. The van der Waals surface area contributed by atoms with Crippen molar-refractivity contribution in [2.24, 2.45) is 5.29 Å². The molecule has 0 saturated heterocycles. The first-order valence-corrected chi connectivity index (χ1v) is 5.57. The van der Waals surface area contributed by atoms with E-state index in [1.807, 2.05) is 0 Å². The van der Waals surface area contributed by atoms with Crippen molar-refractivity contribution in [3.8, 4) is 0 Å². The van der Waals surface area contributed by atoms with Crippen LogP contribution in [-0.4, -0.2) is 41.3 Å². The summed E-state index contributed by atoms with van der Waals surface area (Å²) < 4.78 is 12.1. The molecule has 0 fully saturated rings. The fourth-order valence-electron chi connectivity index (χ4n) is 1.36. The van der Waals surface area contributed by atoms with Gasteiger partial charge in [-0.2, -0.15) is 5.01 Å². The number of carbonyl (C=O) groups is 1. The van der Waals surface area contributed by atoms with Gasteiger partial charge in [0.25, 0.3) is 0 Å². The van der Waals surface area contributed by atoms with Gasteiger partial charge >= 0.3 is 6.03 Å². The minimum Gasteiger partial charge on any atom is -0.373 e. The van der Waals surface area contributed by atoms with Gasteiger partial charge in [-0.15, -0.1) is 4.91 Å². The highest BCUT2D eigenvalue weighted by Crippen LogP contribution is 2.10. The summed E-state index contributed by atoms with van der Waals surface area (Å²) in [6.07, 6.45) is 1.56. The summed E-state index contributed by atoms with van der Waals surface area (Å²) in [5, 5.41) is 8.21. The number of hydrogen-bond donors (Lipinski definition) is 2. The second kappa shape index (κ2) is 7.19. The van der Waals surface area contributed by atoms with Gasteiger partial charge in [-0.05, 0) is 6.92 Å². The van der Waals surface area contributed by atoms with E-state index in [-0.39, 0.29) is 13.1 Å². The Bertz CT molecular complexity index is 456. The lowest BCUT2D eigenvalue weighted by atomic mass is 10.3. The van der Waals surface area contributed by atoms with Crippen molar-refractivity contribution < 1.29 is 9.18 Å². The maximum atomic E-state index is 12.1. The van der Waals surface area contributed by atoms with Crippen LogP contribution in [0.25, 0.3) is 0 Å². The fourth-order valence-corrected chi connectivity index (χ4v) is 1.36. The summed E-state index contributed by atoms with van der Waals surface area (Å²) in [4.78, 5) is 30.0. The van der Waals surface area contributed by atoms with E-state index >= 15 is 0 Å². The van der Waals surface area contributed by atoms with Crippen LogP contribution in [0.4, 0.5) is 15.0 Å². The molecule has 0 atom stereocenters. The first-order valence-electron chi connectivity index (χ1n) is 5.57. The molecule has 2 N–H and O–H groups in total. The lowest BCUT2D eigenvalue weighted by molar-refractivity contribution is 0.193. The maximum absolute atomic E-state index is 12.1. The first kappa shape index (κ1) is 14.7. The normalized spacial score (nSPS) is 9.84. The van der Waals surface area contributed by atoms with E-state index < -0.39 is 12.7 Å². The van der Waals surface area contributed by atoms with Crippen molar-refractivity contribution in [3.05, 3.63) is 22.5 Å². The van der Waals surface area contributed by atoms with Crippen LogP contribution in [0.1, 0.15) is 11.4 Å². The monoisotopic (exact) mass is 270 g/mol. The molecule has 0 aromatic carbocycles. The van der Waals surface area contributed by atoms with Gasteiger partial charge < -0.3 is 10.6 Å². The summed E-state index contributed by atoms with van der Waals surface area (Å²) in [7, 11) is 1.69. The Morgan fingerprint density at radius 3 is 2.89 bits per heavy atom. The number of alkyl halides is 1. The fraction of sp³-hybridized carbons (Fsp3) is 0.500. The summed E-state index contributed by atoms with van der Waals surface area (Å²) in [5.74, 6) is 1.16. The van der Waals surface area contributed by atoms with E-state index in [0.29, 0.717) is 22.2 Å². The van der Waals surface area contributed by atoms with Crippen LogP contribution in [0.5, 0.6) is 0 Å². The molecule has 8 nitrogen and oxygen atoms in total. The number of aryl methyl sites for hydroxylation is 1. The van der Waals surface area contributed by atoms with E-state index in [0.717, 1.165) is 0 Å². The van der Waals surface area contributed by atoms with E-state index in [9.17, 15) is 14.1 Å². The van der Waals surface area contributed by atoms with Gasteiger partial charge in [0.15, 0.2) is 0 Å². The van der Waals surface area contributed by atoms with Crippen LogP contribution in [-0.2, 0) is 6.54 Å². The second-order valence-electron chi connectivity index (χ2n) is 3.59. The molecule has 0 spiro atoms. The molecule has 0 bridgehead atoms. The smallest absolute Gasteiger partial charge is 0.340 e. The number of amides is 2. The molecule has 0 aliphatic heterocycles. The molecule has 1 aromatic rings. The zero-order valence-corrected chi connectivity index (χ0v) is 10.7. The summed E-state index contributed by atoms with van der Waals surface area (Å²) in [5.41, 5.74) is 0.646. The molecule has 0 aliphatic rings. The van der Waals surface area contributed by atoms with Gasteiger partial charge in [0.1, 0.15) is 18.3 Å². The van der Waals surface area contributed by atoms with Crippen LogP contribution in [0.3, 0.4) is 0 Å². The zero-order valence-electron chi connectivity index (χ0n) is 10.7. The number of rotatable bonds is 6. The molecule has 104 valence electrons. The van der Waals surface area contributed by atoms with Crippen molar-refractivity contribution in [1.82, 2.24) is 20.3 Å². The van der Waals surface area contributed by atoms with E-state index in [2.05, 4.69) is 25.9 Å². The Balaban J connectivity index is 2.66. The average Bonchev–Trinajstić information content (AvgIpc) is 2.42. The number of nitroso groups, excluding NO2 is 1. The van der Waals surface area contributed by atoms with Gasteiger partial charge in [0.05, 0.1) is 11.8 Å². The van der Waals surface area contributed by atoms with Crippen LogP contribution >= 0.6 is 0 Å². The van der Waals surface area contributed by atoms with Crippen LogP contribution < -0.4 is 10.6 Å². The SMILES string of the molecule is CNc1nc(C)ncc1CNC(=O)N(CCF)N=O. The highest BCUT2D eigenvalue weighted by Gasteiger charge is 2.14. The van der Waals surface area contributed by atoms with Crippen molar-refractivity contribution in [3.63, 3.8) is 0 Å². The molecule has 19 heavy (non-hydrogen) atoms. The van der Waals surface area contributed by atoms with E-state index in [1.54, 1.807) is 20.2 Å². The first-order chi connectivity index (χ1) is 9.12. The highest BCUT2D eigenvalue weighted by molar-refractivity contribution is 5.73. The molecule has 0 saturated carbocycles. The third kappa shape index (κ3) is 4.12. The number of urea groups is 1. The predicted molar refractivity (Wildman–Crippen MR) is 67.0 cm³/mol. The zero-order chi connectivity index (χ0) is 14.3. The molecule has 1 aromatic heterocycles. The summed E-state index contributed by atoms with van der Waals surface area (Å²) >= 11 is 0. The van der Waals surface area contributed by atoms with Gasteiger partial charge in [0, 0.05) is 25.4 Å². The number of halogens is 1. The molecule has 9 heteroatoms. The second-order valence-corrected chi connectivity index (χ2v) is 3.59. The number of anilines is 1. The van der Waals surface area contributed by atoms with Gasteiger partial charge in [0.2, 0.25) is 0 Å². The van der Waals surface area contributed by atoms with Gasteiger partial charge in [-0.3, -0.25) is 0 Å². The van der Waals surface area contributed by atoms with Gasteiger partial charge in [-0.1, -0.05) is 0 Å². The minimum absolute atomic E-state index is 0.105. The number of nitrogens with one attached hydrogen (secondary N) is 2. The summed E-state index contributed by atoms with van der Waals surface area (Å²) in [6, 6.07) is -0.768. The number of carbonyl (C=O) groups excluding carboxylic acids is 1. The Hall–Kier alpha value is -2.32. The van der Waals surface area contributed by atoms with Crippen molar-refractivity contribution in [2.75, 3.05) is 25.6 Å². The van der Waals surface area contributed by atoms with Crippen molar-refractivity contribution in [1.29, 1.82) is 0 Å². The minimum atomic E-state index is -0.839. The predicted octanol–water partition coefficient (Wildman–Crippen LogP) is 0.989. The Morgan fingerprint density at radius 2 is 2.32 bits per heavy atom. The highest BCUT2D eigenvalue weighted by atomic mass is 19.1. The Morgan fingerprint density at radius 1 is 1.58 bits per heavy atom. The van der Waals surface area contributed by atoms with Crippen LogP contribution in [0.15, 0.2) is 11.5 Å². The molecular weight excluding hydrogens is 255 g/mol. The molecule has 2 amide bonds. The number of hydrogen-bond acceptors (Lipinski definition) is 6. The molecule has 0 aliphatic carbocycles. The lowest BCUT2D eigenvalue weighted by Crippen LogP contribution is -2.37. The average molecular weight is 270 g/mol. The lowest BCUT2D eigenvalue weighted by Gasteiger charge is -2.13. The topological polar surface area (TPSA) is 99.6 Å². The van der Waals surface area contributed by atoms with E-state index in [4.69, 9.17) is 0 Å². The van der Waals surface area contributed by atoms with Crippen molar-refractivity contribution >= 4 is 11.8 Å².